The molecule has 1 aliphatic rings. The third kappa shape index (κ3) is 5.77. The predicted octanol–water partition coefficient (Wildman–Crippen LogP) is 3.74. The maximum atomic E-state index is 10.8. The second-order valence-electron chi connectivity index (χ2n) is 7.33. The quantitative estimate of drug-likeness (QED) is 0.336. The molecule has 0 bridgehead atoms. The zero-order chi connectivity index (χ0) is 20.6. The van der Waals surface area contributed by atoms with Crippen molar-refractivity contribution in [2.45, 2.75) is 32.4 Å². The SMILES string of the molecule is CN=C(NCc1ccc([N+](=O)[O-])cc1)NCC1CCCOC1c1ccc(C)cc1. The number of hydrogen-bond donors (Lipinski definition) is 2. The number of guanidine groups is 1. The molecule has 7 heteroatoms. The lowest BCUT2D eigenvalue weighted by Crippen LogP contribution is -2.41. The van der Waals surface area contributed by atoms with Gasteiger partial charge in [0, 0.05) is 44.8 Å². The molecule has 0 saturated carbocycles. The highest BCUT2D eigenvalue weighted by atomic mass is 16.6. The summed E-state index contributed by atoms with van der Waals surface area (Å²) in [5.74, 6) is 1.07. The number of nitro groups is 1. The number of hydrogen-bond acceptors (Lipinski definition) is 4. The van der Waals surface area contributed by atoms with Crippen LogP contribution in [0.5, 0.6) is 0 Å². The largest absolute Gasteiger partial charge is 0.373 e. The van der Waals surface area contributed by atoms with Gasteiger partial charge in [0.15, 0.2) is 5.96 Å². The van der Waals surface area contributed by atoms with Crippen LogP contribution in [0.15, 0.2) is 53.5 Å². The molecule has 2 aromatic carbocycles. The van der Waals surface area contributed by atoms with E-state index in [1.165, 1.54) is 23.3 Å². The fraction of sp³-hybridized carbons (Fsp3) is 0.409. The summed E-state index contributed by atoms with van der Waals surface area (Å²) in [5, 5.41) is 17.4. The number of nitrogens with zero attached hydrogens (tertiary/aromatic N) is 2. The van der Waals surface area contributed by atoms with Gasteiger partial charge < -0.3 is 15.4 Å². The molecule has 154 valence electrons. The Morgan fingerprint density at radius 1 is 1.17 bits per heavy atom. The molecule has 29 heavy (non-hydrogen) atoms. The number of non-ortho nitro benzene ring substituents is 1. The second kappa shape index (κ2) is 10.0. The molecular formula is C22H28N4O3. The summed E-state index contributed by atoms with van der Waals surface area (Å²) in [5.41, 5.74) is 3.51. The number of rotatable bonds is 6. The average molecular weight is 396 g/mol. The minimum absolute atomic E-state index is 0.0876. The van der Waals surface area contributed by atoms with E-state index in [1.807, 2.05) is 0 Å². The van der Waals surface area contributed by atoms with Crippen LogP contribution in [0, 0.1) is 23.0 Å². The molecule has 2 aromatic rings. The minimum Gasteiger partial charge on any atom is -0.373 e. The summed E-state index contributed by atoms with van der Waals surface area (Å²) in [7, 11) is 1.74. The van der Waals surface area contributed by atoms with Gasteiger partial charge in [0.2, 0.25) is 0 Å². The first-order valence-electron chi connectivity index (χ1n) is 9.93. The molecule has 1 aliphatic heterocycles. The molecule has 7 nitrogen and oxygen atoms in total. The number of aliphatic imine (C=N–C) groups is 1. The van der Waals surface area contributed by atoms with Crippen molar-refractivity contribution in [1.29, 1.82) is 0 Å². The monoisotopic (exact) mass is 396 g/mol. The number of benzene rings is 2. The van der Waals surface area contributed by atoms with Crippen LogP contribution in [-0.4, -0.2) is 31.1 Å². The fourth-order valence-electron chi connectivity index (χ4n) is 3.55. The van der Waals surface area contributed by atoms with Gasteiger partial charge in [-0.3, -0.25) is 15.1 Å². The molecule has 1 saturated heterocycles. The van der Waals surface area contributed by atoms with Crippen LogP contribution in [0.1, 0.15) is 35.6 Å². The van der Waals surface area contributed by atoms with Crippen LogP contribution in [0.3, 0.4) is 0 Å². The van der Waals surface area contributed by atoms with Crippen molar-refractivity contribution in [2.24, 2.45) is 10.9 Å². The normalized spacial score (nSPS) is 19.6. The summed E-state index contributed by atoms with van der Waals surface area (Å²) in [6.07, 6.45) is 2.25. The van der Waals surface area contributed by atoms with E-state index < -0.39 is 4.92 Å². The van der Waals surface area contributed by atoms with Gasteiger partial charge in [-0.05, 0) is 30.9 Å². The predicted molar refractivity (Wildman–Crippen MR) is 114 cm³/mol. The lowest BCUT2D eigenvalue weighted by Gasteiger charge is -2.32. The Morgan fingerprint density at radius 2 is 1.90 bits per heavy atom. The molecule has 2 atom stereocenters. The van der Waals surface area contributed by atoms with Crippen LogP contribution in [0.25, 0.3) is 0 Å². The Hall–Kier alpha value is -2.93. The number of ether oxygens (including phenoxy) is 1. The molecule has 1 fully saturated rings. The first-order valence-corrected chi connectivity index (χ1v) is 9.93. The Bertz CT molecular complexity index is 834. The number of nitrogens with one attached hydrogen (secondary N) is 2. The molecule has 0 aliphatic carbocycles. The standard InChI is InChI=1S/C22H28N4O3/c1-16-5-9-18(10-6-16)21-19(4-3-13-29-21)15-25-22(23-2)24-14-17-7-11-20(12-8-17)26(27)28/h5-12,19,21H,3-4,13-15H2,1-2H3,(H2,23,24,25). The summed E-state index contributed by atoms with van der Waals surface area (Å²) in [6, 6.07) is 15.1. The highest BCUT2D eigenvalue weighted by Gasteiger charge is 2.27. The van der Waals surface area contributed by atoms with Gasteiger partial charge >= 0.3 is 0 Å². The van der Waals surface area contributed by atoms with Crippen LogP contribution < -0.4 is 10.6 Å². The van der Waals surface area contributed by atoms with E-state index in [1.54, 1.807) is 19.2 Å². The van der Waals surface area contributed by atoms with Crippen molar-refractivity contribution in [1.82, 2.24) is 10.6 Å². The van der Waals surface area contributed by atoms with Crippen LogP contribution in [0.4, 0.5) is 5.69 Å². The van der Waals surface area contributed by atoms with Crippen molar-refractivity contribution in [3.05, 3.63) is 75.3 Å². The fourth-order valence-corrected chi connectivity index (χ4v) is 3.55. The summed E-state index contributed by atoms with van der Waals surface area (Å²) in [6.45, 7) is 4.19. The van der Waals surface area contributed by atoms with Crippen molar-refractivity contribution >= 4 is 11.6 Å². The highest BCUT2D eigenvalue weighted by Crippen LogP contribution is 2.33. The highest BCUT2D eigenvalue weighted by molar-refractivity contribution is 5.79. The molecule has 0 radical (unpaired) electrons. The van der Waals surface area contributed by atoms with Crippen LogP contribution in [-0.2, 0) is 11.3 Å². The molecular weight excluding hydrogens is 368 g/mol. The van der Waals surface area contributed by atoms with E-state index in [2.05, 4.69) is 46.8 Å². The van der Waals surface area contributed by atoms with E-state index in [0.29, 0.717) is 18.4 Å². The molecule has 0 aromatic heterocycles. The Morgan fingerprint density at radius 3 is 2.55 bits per heavy atom. The Labute approximate surface area is 171 Å². The second-order valence-corrected chi connectivity index (χ2v) is 7.33. The minimum atomic E-state index is -0.394. The molecule has 3 rings (SSSR count). The van der Waals surface area contributed by atoms with Gasteiger partial charge in [-0.25, -0.2) is 0 Å². The van der Waals surface area contributed by atoms with E-state index in [9.17, 15) is 10.1 Å². The topological polar surface area (TPSA) is 88.8 Å². The third-order valence-electron chi connectivity index (χ3n) is 5.21. The lowest BCUT2D eigenvalue weighted by atomic mass is 9.89. The van der Waals surface area contributed by atoms with Gasteiger partial charge in [-0.1, -0.05) is 42.0 Å². The van der Waals surface area contributed by atoms with Crippen LogP contribution in [0.2, 0.25) is 0 Å². The van der Waals surface area contributed by atoms with E-state index in [4.69, 9.17) is 4.74 Å². The lowest BCUT2D eigenvalue weighted by molar-refractivity contribution is -0.384. The maximum absolute atomic E-state index is 10.8. The molecule has 2 N–H and O–H groups in total. The maximum Gasteiger partial charge on any atom is 0.269 e. The number of aryl methyl sites for hydroxylation is 1. The van der Waals surface area contributed by atoms with Crippen molar-refractivity contribution < 1.29 is 9.66 Å². The van der Waals surface area contributed by atoms with Gasteiger partial charge in [-0.2, -0.15) is 0 Å². The molecule has 0 amide bonds. The van der Waals surface area contributed by atoms with E-state index in [0.717, 1.165) is 31.6 Å². The van der Waals surface area contributed by atoms with Crippen molar-refractivity contribution in [3.63, 3.8) is 0 Å². The molecule has 2 unspecified atom stereocenters. The van der Waals surface area contributed by atoms with E-state index >= 15 is 0 Å². The van der Waals surface area contributed by atoms with Crippen LogP contribution >= 0.6 is 0 Å². The van der Waals surface area contributed by atoms with Crippen molar-refractivity contribution in [2.75, 3.05) is 20.2 Å². The summed E-state index contributed by atoms with van der Waals surface area (Å²) in [4.78, 5) is 14.6. The summed E-state index contributed by atoms with van der Waals surface area (Å²) >= 11 is 0. The Kier molecular flexibility index (Phi) is 7.19. The zero-order valence-corrected chi connectivity index (χ0v) is 16.9. The Balaban J connectivity index is 1.54. The van der Waals surface area contributed by atoms with Gasteiger partial charge in [0.1, 0.15) is 0 Å². The smallest absolute Gasteiger partial charge is 0.269 e. The first kappa shape index (κ1) is 20.8. The van der Waals surface area contributed by atoms with Gasteiger partial charge in [0.05, 0.1) is 11.0 Å². The average Bonchev–Trinajstić information content (AvgIpc) is 2.75. The van der Waals surface area contributed by atoms with Gasteiger partial charge in [-0.15, -0.1) is 0 Å². The zero-order valence-electron chi connectivity index (χ0n) is 16.9. The van der Waals surface area contributed by atoms with Crippen molar-refractivity contribution in [3.8, 4) is 0 Å². The van der Waals surface area contributed by atoms with E-state index in [-0.39, 0.29) is 11.8 Å². The first-order chi connectivity index (χ1) is 14.1. The molecule has 0 spiro atoms. The number of nitro benzene ring substituents is 1. The third-order valence-corrected chi connectivity index (χ3v) is 5.21. The van der Waals surface area contributed by atoms with Gasteiger partial charge in [0.25, 0.3) is 5.69 Å². The molecule has 1 heterocycles. The summed E-state index contributed by atoms with van der Waals surface area (Å²) < 4.78 is 6.09.